The van der Waals surface area contributed by atoms with E-state index in [1.807, 2.05) is 12.2 Å². The summed E-state index contributed by atoms with van der Waals surface area (Å²) in [6.07, 6.45) is 5.92. The van der Waals surface area contributed by atoms with Crippen molar-refractivity contribution in [3.05, 3.63) is 30.4 Å². The Hall–Kier alpha value is -2.83. The first kappa shape index (κ1) is 17.6. The van der Waals surface area contributed by atoms with Crippen LogP contribution in [0.1, 0.15) is 19.3 Å². The zero-order valence-electron chi connectivity index (χ0n) is 15.1. The molecule has 0 spiro atoms. The third kappa shape index (κ3) is 2.97. The SMILES string of the molecule is COc1cc(NC(=O)[C@H]2[C@@H](C(=O)O)[C@H]3C=C[C@H]2C3)ccc1N1CCCC1=O. The molecule has 1 heterocycles. The molecule has 1 aromatic carbocycles. The van der Waals surface area contributed by atoms with E-state index < -0.39 is 17.8 Å². The number of rotatable bonds is 5. The van der Waals surface area contributed by atoms with Gasteiger partial charge in [0.15, 0.2) is 0 Å². The zero-order chi connectivity index (χ0) is 19.1. The molecule has 4 atom stereocenters. The number of carbonyl (C=O) groups is 3. The van der Waals surface area contributed by atoms with E-state index in [0.29, 0.717) is 36.5 Å². The molecule has 0 unspecified atom stereocenters. The van der Waals surface area contributed by atoms with Gasteiger partial charge in [-0.1, -0.05) is 12.2 Å². The Bertz CT molecular complexity index is 834. The maximum absolute atomic E-state index is 12.8. The van der Waals surface area contributed by atoms with Crippen molar-refractivity contribution in [2.75, 3.05) is 23.9 Å². The summed E-state index contributed by atoms with van der Waals surface area (Å²) in [5.74, 6) is -1.99. The maximum Gasteiger partial charge on any atom is 0.307 e. The molecule has 0 radical (unpaired) electrons. The summed E-state index contributed by atoms with van der Waals surface area (Å²) in [6, 6.07) is 5.16. The highest BCUT2D eigenvalue weighted by molar-refractivity contribution is 5.99. The number of ether oxygens (including phenoxy) is 1. The van der Waals surface area contributed by atoms with Gasteiger partial charge in [0.05, 0.1) is 24.6 Å². The summed E-state index contributed by atoms with van der Waals surface area (Å²) in [4.78, 5) is 38.1. The van der Waals surface area contributed by atoms with E-state index in [2.05, 4.69) is 5.32 Å². The van der Waals surface area contributed by atoms with Crippen molar-refractivity contribution in [2.24, 2.45) is 23.7 Å². The second-order valence-corrected chi connectivity index (χ2v) is 7.36. The van der Waals surface area contributed by atoms with Gasteiger partial charge < -0.3 is 20.1 Å². The molecule has 0 aromatic heterocycles. The third-order valence-electron chi connectivity index (χ3n) is 5.86. The second-order valence-electron chi connectivity index (χ2n) is 7.36. The fraction of sp³-hybridized carbons (Fsp3) is 0.450. The Morgan fingerprint density at radius 2 is 1.96 bits per heavy atom. The minimum atomic E-state index is -0.924. The number of amides is 2. The number of benzene rings is 1. The van der Waals surface area contributed by atoms with Gasteiger partial charge in [-0.05, 0) is 36.8 Å². The fourth-order valence-corrected chi connectivity index (χ4v) is 4.62. The first-order valence-corrected chi connectivity index (χ1v) is 9.20. The maximum atomic E-state index is 12.8. The van der Waals surface area contributed by atoms with Gasteiger partial charge in [-0.15, -0.1) is 0 Å². The Labute approximate surface area is 157 Å². The molecule has 2 N–H and O–H groups in total. The minimum absolute atomic E-state index is 0.0282. The molecule has 1 saturated carbocycles. The summed E-state index contributed by atoms with van der Waals surface area (Å²) in [5.41, 5.74) is 1.22. The molecule has 7 nitrogen and oxygen atoms in total. The van der Waals surface area contributed by atoms with Crippen molar-refractivity contribution in [1.82, 2.24) is 0 Å². The van der Waals surface area contributed by atoms with Crippen LogP contribution in [0.2, 0.25) is 0 Å². The summed E-state index contributed by atoms with van der Waals surface area (Å²) >= 11 is 0. The first-order chi connectivity index (χ1) is 13.0. The zero-order valence-corrected chi connectivity index (χ0v) is 15.1. The minimum Gasteiger partial charge on any atom is -0.494 e. The smallest absolute Gasteiger partial charge is 0.307 e. The normalized spacial score (nSPS) is 28.6. The Morgan fingerprint density at radius 3 is 2.59 bits per heavy atom. The molecule has 7 heteroatoms. The van der Waals surface area contributed by atoms with E-state index in [1.165, 1.54) is 7.11 Å². The monoisotopic (exact) mass is 370 g/mol. The summed E-state index contributed by atoms with van der Waals surface area (Å²) < 4.78 is 5.41. The molecule has 2 bridgehead atoms. The van der Waals surface area contributed by atoms with E-state index in [0.717, 1.165) is 6.42 Å². The third-order valence-corrected chi connectivity index (χ3v) is 5.86. The van der Waals surface area contributed by atoms with Crippen LogP contribution in [0.4, 0.5) is 11.4 Å². The van der Waals surface area contributed by atoms with Gasteiger partial charge in [0.2, 0.25) is 11.8 Å². The number of carbonyl (C=O) groups excluding carboxylic acids is 2. The highest BCUT2D eigenvalue weighted by Gasteiger charge is 2.51. The van der Waals surface area contributed by atoms with Crippen molar-refractivity contribution in [3.63, 3.8) is 0 Å². The molecule has 4 rings (SSSR count). The van der Waals surface area contributed by atoms with Crippen molar-refractivity contribution < 1.29 is 24.2 Å². The number of methoxy groups -OCH3 is 1. The lowest BCUT2D eigenvalue weighted by molar-refractivity contribution is -0.146. The van der Waals surface area contributed by atoms with E-state index in [9.17, 15) is 19.5 Å². The van der Waals surface area contributed by atoms with Crippen LogP contribution in [0.5, 0.6) is 5.75 Å². The number of allylic oxidation sites excluding steroid dienone is 2. The quantitative estimate of drug-likeness (QED) is 0.775. The number of hydrogen-bond acceptors (Lipinski definition) is 4. The van der Waals surface area contributed by atoms with Gasteiger partial charge in [0.25, 0.3) is 0 Å². The summed E-state index contributed by atoms with van der Waals surface area (Å²) in [6.45, 7) is 0.651. The van der Waals surface area contributed by atoms with E-state index in [1.54, 1.807) is 23.1 Å². The molecule has 142 valence electrons. The van der Waals surface area contributed by atoms with E-state index in [4.69, 9.17) is 4.74 Å². The predicted molar refractivity (Wildman–Crippen MR) is 98.6 cm³/mol. The molecule has 27 heavy (non-hydrogen) atoms. The number of carboxylic acid groups (broad SMARTS) is 1. The molecule has 2 amide bonds. The molecule has 2 fully saturated rings. The number of anilines is 2. The lowest BCUT2D eigenvalue weighted by atomic mass is 9.82. The molecule has 3 aliphatic rings. The molecule has 1 aliphatic heterocycles. The van der Waals surface area contributed by atoms with Crippen LogP contribution in [0.3, 0.4) is 0 Å². The van der Waals surface area contributed by atoms with Gasteiger partial charge in [-0.25, -0.2) is 0 Å². The predicted octanol–water partition coefficient (Wildman–Crippen LogP) is 2.28. The number of nitrogens with zero attached hydrogens (tertiary/aromatic N) is 1. The number of carboxylic acids is 1. The Kier molecular flexibility index (Phi) is 4.37. The van der Waals surface area contributed by atoms with Gasteiger partial charge in [-0.3, -0.25) is 14.4 Å². The van der Waals surface area contributed by atoms with Crippen LogP contribution in [0.15, 0.2) is 30.4 Å². The fourth-order valence-electron chi connectivity index (χ4n) is 4.62. The highest BCUT2D eigenvalue weighted by Crippen LogP contribution is 2.48. The number of aliphatic carboxylic acids is 1. The Morgan fingerprint density at radius 1 is 1.22 bits per heavy atom. The molecule has 1 saturated heterocycles. The van der Waals surface area contributed by atoms with Gasteiger partial charge >= 0.3 is 5.97 Å². The molecular formula is C20H22N2O5. The van der Waals surface area contributed by atoms with Crippen LogP contribution in [0.25, 0.3) is 0 Å². The number of nitrogens with one attached hydrogen (secondary N) is 1. The molecule has 2 aliphatic carbocycles. The lowest BCUT2D eigenvalue weighted by Gasteiger charge is -2.24. The van der Waals surface area contributed by atoms with Crippen LogP contribution >= 0.6 is 0 Å². The summed E-state index contributed by atoms with van der Waals surface area (Å²) in [5, 5.41) is 12.4. The van der Waals surface area contributed by atoms with Crippen molar-refractivity contribution in [2.45, 2.75) is 19.3 Å². The van der Waals surface area contributed by atoms with Crippen LogP contribution in [-0.4, -0.2) is 36.5 Å². The molecular weight excluding hydrogens is 348 g/mol. The van der Waals surface area contributed by atoms with Crippen molar-refractivity contribution in [1.29, 1.82) is 0 Å². The average Bonchev–Trinajstić information content (AvgIpc) is 3.37. The molecule has 1 aromatic rings. The first-order valence-electron chi connectivity index (χ1n) is 9.20. The van der Waals surface area contributed by atoms with Gasteiger partial charge in [0, 0.05) is 24.7 Å². The lowest BCUT2D eigenvalue weighted by Crippen LogP contribution is -2.36. The Balaban J connectivity index is 1.54. The number of hydrogen-bond donors (Lipinski definition) is 2. The number of fused-ring (bicyclic) bond motifs is 2. The largest absolute Gasteiger partial charge is 0.494 e. The topological polar surface area (TPSA) is 95.9 Å². The van der Waals surface area contributed by atoms with E-state index >= 15 is 0 Å². The summed E-state index contributed by atoms with van der Waals surface area (Å²) in [7, 11) is 1.52. The van der Waals surface area contributed by atoms with Crippen molar-refractivity contribution >= 4 is 29.2 Å². The van der Waals surface area contributed by atoms with Crippen LogP contribution < -0.4 is 15.0 Å². The van der Waals surface area contributed by atoms with Gasteiger partial charge in [0.1, 0.15) is 5.75 Å². The van der Waals surface area contributed by atoms with Gasteiger partial charge in [-0.2, -0.15) is 0 Å². The highest BCUT2D eigenvalue weighted by atomic mass is 16.5. The van der Waals surface area contributed by atoms with E-state index in [-0.39, 0.29) is 23.7 Å². The van der Waals surface area contributed by atoms with Crippen molar-refractivity contribution in [3.8, 4) is 5.75 Å². The van der Waals surface area contributed by atoms with Crippen LogP contribution in [0, 0.1) is 23.7 Å². The van der Waals surface area contributed by atoms with Crippen LogP contribution in [-0.2, 0) is 14.4 Å². The standard InChI is InChI=1S/C20H22N2O5/c1-27-15-10-13(6-7-14(15)22-8-2-3-16(22)23)21-19(24)17-11-4-5-12(9-11)18(17)20(25)26/h4-7,10-12,17-18H,2-3,8-9H2,1H3,(H,21,24)(H,25,26)/t11-,12-,17+,18-/m0/s1. The second kappa shape index (κ2) is 6.72. The average molecular weight is 370 g/mol.